The van der Waals surface area contributed by atoms with Gasteiger partial charge in [-0.05, 0) is 30.5 Å². The number of likely N-dealkylation sites (N-methyl/N-ethyl adjacent to an activating group) is 1. The first-order chi connectivity index (χ1) is 14.3. The van der Waals surface area contributed by atoms with Crippen LogP contribution in [-0.4, -0.2) is 84.6 Å². The number of aliphatic imine (C=N–C) groups is 1. The van der Waals surface area contributed by atoms with Crippen LogP contribution < -0.4 is 10.2 Å². The fourth-order valence-corrected chi connectivity index (χ4v) is 4.60. The number of urea groups is 1. The summed E-state index contributed by atoms with van der Waals surface area (Å²) in [6.45, 7) is 10.3. The second kappa shape index (κ2) is 7.98. The zero-order chi connectivity index (χ0) is 21.6. The summed E-state index contributed by atoms with van der Waals surface area (Å²) < 4.78 is 0. The molecule has 0 aliphatic carbocycles. The molecular formula is C21H29ClN6O2. The maximum Gasteiger partial charge on any atom is 0.325 e. The van der Waals surface area contributed by atoms with Gasteiger partial charge in [-0.25, -0.2) is 9.79 Å². The van der Waals surface area contributed by atoms with Gasteiger partial charge in [-0.1, -0.05) is 31.5 Å². The number of imide groups is 1. The molecule has 2 fully saturated rings. The molecule has 0 saturated carbocycles. The SMILES string of the molecule is Cc1ccc(Cl)cc1N1CCN(C2=NC3C(C(=O)NC(=O)N3C)N2CC(C)C)CC1. The zero-order valence-corrected chi connectivity index (χ0v) is 18.7. The van der Waals surface area contributed by atoms with Crippen molar-refractivity contribution in [1.29, 1.82) is 0 Å². The van der Waals surface area contributed by atoms with Gasteiger partial charge in [0.15, 0.2) is 18.2 Å². The second-order valence-corrected chi connectivity index (χ2v) is 9.08. The monoisotopic (exact) mass is 432 g/mol. The van der Waals surface area contributed by atoms with Crippen molar-refractivity contribution in [3.05, 3.63) is 28.8 Å². The van der Waals surface area contributed by atoms with E-state index in [1.54, 1.807) is 7.05 Å². The van der Waals surface area contributed by atoms with E-state index in [4.69, 9.17) is 16.6 Å². The van der Waals surface area contributed by atoms with Gasteiger partial charge in [0.1, 0.15) is 0 Å². The molecule has 1 aromatic rings. The first kappa shape index (κ1) is 20.8. The fourth-order valence-electron chi connectivity index (χ4n) is 4.43. The quantitative estimate of drug-likeness (QED) is 0.790. The molecule has 0 radical (unpaired) electrons. The molecule has 0 aromatic heterocycles. The van der Waals surface area contributed by atoms with Gasteiger partial charge in [-0.15, -0.1) is 0 Å². The molecule has 2 saturated heterocycles. The van der Waals surface area contributed by atoms with Crippen LogP contribution in [0, 0.1) is 12.8 Å². The van der Waals surface area contributed by atoms with Crippen LogP contribution in [0.2, 0.25) is 5.02 Å². The summed E-state index contributed by atoms with van der Waals surface area (Å²) in [5, 5.41) is 3.20. The number of amides is 3. The van der Waals surface area contributed by atoms with Crippen molar-refractivity contribution >= 4 is 35.2 Å². The molecule has 3 amide bonds. The molecule has 3 aliphatic heterocycles. The summed E-state index contributed by atoms with van der Waals surface area (Å²) in [6, 6.07) is 5.11. The lowest BCUT2D eigenvalue weighted by molar-refractivity contribution is -0.127. The minimum absolute atomic E-state index is 0.268. The summed E-state index contributed by atoms with van der Waals surface area (Å²) in [5.74, 6) is 0.911. The molecule has 4 rings (SSSR count). The van der Waals surface area contributed by atoms with E-state index in [0.717, 1.165) is 42.8 Å². The summed E-state index contributed by atoms with van der Waals surface area (Å²) >= 11 is 6.21. The Labute approximate surface area is 182 Å². The van der Waals surface area contributed by atoms with Crippen molar-refractivity contribution in [2.24, 2.45) is 10.9 Å². The Morgan fingerprint density at radius 3 is 2.50 bits per heavy atom. The first-order valence-corrected chi connectivity index (χ1v) is 10.8. The Morgan fingerprint density at radius 1 is 1.17 bits per heavy atom. The van der Waals surface area contributed by atoms with Crippen molar-refractivity contribution in [3.8, 4) is 0 Å². The van der Waals surface area contributed by atoms with E-state index >= 15 is 0 Å². The number of guanidine groups is 1. The standard InChI is InChI=1S/C21H29ClN6O2/c1-13(2)12-28-17-18(25(4)21(30)24-19(17)29)23-20(28)27-9-7-26(8-10-27)16-11-15(22)6-5-14(16)3/h5-6,11,13,17-18H,7-10,12H2,1-4H3,(H,24,29,30). The molecule has 0 spiro atoms. The smallest absolute Gasteiger partial charge is 0.325 e. The number of carbonyl (C=O) groups excluding carboxylic acids is 2. The van der Waals surface area contributed by atoms with Crippen molar-refractivity contribution in [1.82, 2.24) is 20.0 Å². The highest BCUT2D eigenvalue weighted by Gasteiger charge is 2.49. The predicted molar refractivity (Wildman–Crippen MR) is 118 cm³/mol. The Morgan fingerprint density at radius 2 is 1.83 bits per heavy atom. The van der Waals surface area contributed by atoms with Crippen LogP contribution >= 0.6 is 11.6 Å². The number of halogens is 1. The fraction of sp³-hybridized carbons (Fsp3) is 0.571. The number of carbonyl (C=O) groups is 2. The minimum Gasteiger partial charge on any atom is -0.368 e. The van der Waals surface area contributed by atoms with E-state index in [0.29, 0.717) is 12.5 Å². The van der Waals surface area contributed by atoms with Gasteiger partial charge < -0.3 is 19.6 Å². The molecule has 0 bridgehead atoms. The van der Waals surface area contributed by atoms with Crippen LogP contribution in [0.5, 0.6) is 0 Å². The van der Waals surface area contributed by atoms with E-state index in [1.807, 2.05) is 18.2 Å². The van der Waals surface area contributed by atoms with Crippen molar-refractivity contribution in [2.75, 3.05) is 44.7 Å². The lowest BCUT2D eigenvalue weighted by atomic mass is 10.1. The molecule has 30 heavy (non-hydrogen) atoms. The third-order valence-electron chi connectivity index (χ3n) is 5.97. The summed E-state index contributed by atoms with van der Waals surface area (Å²) in [4.78, 5) is 37.8. The number of aryl methyl sites for hydroxylation is 1. The number of rotatable bonds is 3. The zero-order valence-electron chi connectivity index (χ0n) is 17.9. The van der Waals surface area contributed by atoms with Crippen LogP contribution in [0.1, 0.15) is 19.4 Å². The Kier molecular flexibility index (Phi) is 5.53. The van der Waals surface area contributed by atoms with Gasteiger partial charge in [-0.3, -0.25) is 10.1 Å². The molecule has 2 unspecified atom stereocenters. The maximum absolute atomic E-state index is 12.6. The average Bonchev–Trinajstić information content (AvgIpc) is 3.07. The molecule has 3 heterocycles. The van der Waals surface area contributed by atoms with E-state index in [-0.39, 0.29) is 5.91 Å². The molecule has 9 heteroatoms. The highest BCUT2D eigenvalue weighted by atomic mass is 35.5. The van der Waals surface area contributed by atoms with Gasteiger partial charge in [-0.2, -0.15) is 0 Å². The van der Waals surface area contributed by atoms with Crippen molar-refractivity contribution in [2.45, 2.75) is 33.0 Å². The van der Waals surface area contributed by atoms with E-state index in [2.05, 4.69) is 40.8 Å². The number of benzene rings is 1. The van der Waals surface area contributed by atoms with Gasteiger partial charge in [0.2, 0.25) is 0 Å². The molecule has 8 nitrogen and oxygen atoms in total. The molecular weight excluding hydrogens is 404 g/mol. The van der Waals surface area contributed by atoms with E-state index in [9.17, 15) is 9.59 Å². The van der Waals surface area contributed by atoms with Gasteiger partial charge >= 0.3 is 6.03 Å². The molecule has 162 valence electrons. The van der Waals surface area contributed by atoms with Crippen LogP contribution in [0.4, 0.5) is 10.5 Å². The number of nitrogens with one attached hydrogen (secondary N) is 1. The lowest BCUT2D eigenvalue weighted by Crippen LogP contribution is -2.65. The minimum atomic E-state index is -0.479. The van der Waals surface area contributed by atoms with Gasteiger partial charge in [0.25, 0.3) is 5.91 Å². The van der Waals surface area contributed by atoms with E-state index in [1.165, 1.54) is 10.5 Å². The van der Waals surface area contributed by atoms with Crippen LogP contribution in [0.15, 0.2) is 23.2 Å². The summed E-state index contributed by atoms with van der Waals surface area (Å²) in [5.41, 5.74) is 2.36. The third-order valence-corrected chi connectivity index (χ3v) is 6.21. The average molecular weight is 433 g/mol. The number of nitrogens with zero attached hydrogens (tertiary/aromatic N) is 5. The number of fused-ring (bicyclic) bond motifs is 1. The van der Waals surface area contributed by atoms with Crippen molar-refractivity contribution in [3.63, 3.8) is 0 Å². The first-order valence-electron chi connectivity index (χ1n) is 10.4. The normalized spacial score (nSPS) is 24.4. The number of piperazine rings is 1. The number of anilines is 1. The van der Waals surface area contributed by atoms with Crippen LogP contribution in [0.25, 0.3) is 0 Å². The van der Waals surface area contributed by atoms with Gasteiger partial charge in [0.05, 0.1) is 0 Å². The van der Waals surface area contributed by atoms with Gasteiger partial charge in [0, 0.05) is 50.5 Å². The number of hydrogen-bond acceptors (Lipinski definition) is 6. The van der Waals surface area contributed by atoms with E-state index < -0.39 is 18.2 Å². The van der Waals surface area contributed by atoms with Crippen LogP contribution in [0.3, 0.4) is 0 Å². The third kappa shape index (κ3) is 3.69. The summed E-state index contributed by atoms with van der Waals surface area (Å²) in [7, 11) is 1.69. The molecule has 1 N–H and O–H groups in total. The lowest BCUT2D eigenvalue weighted by Gasteiger charge is -2.41. The highest BCUT2D eigenvalue weighted by molar-refractivity contribution is 6.30. The Bertz CT molecular complexity index is 880. The Hall–Kier alpha value is -2.48. The van der Waals surface area contributed by atoms with Crippen molar-refractivity contribution < 1.29 is 9.59 Å². The Balaban J connectivity index is 1.54. The maximum atomic E-state index is 12.6. The number of hydrogen-bond donors (Lipinski definition) is 1. The molecule has 2 atom stereocenters. The largest absolute Gasteiger partial charge is 0.368 e. The second-order valence-electron chi connectivity index (χ2n) is 8.64. The summed E-state index contributed by atoms with van der Waals surface area (Å²) in [6.07, 6.45) is -0.479. The highest BCUT2D eigenvalue weighted by Crippen LogP contribution is 2.29. The predicted octanol–water partition coefficient (Wildman–Crippen LogP) is 1.97. The molecule has 1 aromatic carbocycles. The topological polar surface area (TPSA) is 71.5 Å². The van der Waals surface area contributed by atoms with Crippen LogP contribution in [-0.2, 0) is 4.79 Å². The molecule has 3 aliphatic rings.